The second-order valence-corrected chi connectivity index (χ2v) is 12.0. The lowest BCUT2D eigenvalue weighted by Gasteiger charge is -2.33. The number of thiol groups is 4. The van der Waals surface area contributed by atoms with Gasteiger partial charge in [0.15, 0.2) is 6.29 Å². The van der Waals surface area contributed by atoms with Crippen molar-refractivity contribution in [1.29, 1.82) is 0 Å². The highest BCUT2D eigenvalue weighted by molar-refractivity contribution is 7.81. The van der Waals surface area contributed by atoms with Crippen molar-refractivity contribution < 1.29 is 38.4 Å². The summed E-state index contributed by atoms with van der Waals surface area (Å²) in [5.41, 5.74) is -1.23. The normalized spacial score (nSPS) is 17.7. The molecule has 33 heavy (non-hydrogen) atoms. The summed E-state index contributed by atoms with van der Waals surface area (Å²) >= 11 is 16.8. The van der Waals surface area contributed by atoms with Crippen LogP contribution in [-0.4, -0.2) is 76.7 Å². The summed E-state index contributed by atoms with van der Waals surface area (Å²) in [7, 11) is 0. The summed E-state index contributed by atoms with van der Waals surface area (Å²) in [6.45, 7) is 6.05. The molecule has 0 saturated carbocycles. The Kier molecular flexibility index (Phi) is 17.1. The summed E-state index contributed by atoms with van der Waals surface area (Å²) in [6.07, 6.45) is -0.731. The predicted octanol–water partition coefficient (Wildman–Crippen LogP) is 2.77. The van der Waals surface area contributed by atoms with Crippen LogP contribution >= 0.6 is 50.5 Å². The standard InChI is InChI=1S/C21H38O8S4/c1-13(30)5-17(22)26-9-21(10-27-18(23)6-14(2)31,11-28-19(24)7-15(3)32)12-29-20(25)8-16(4)33/h13-17,22,30-33H,5-12H2,1-4H3. The molecular weight excluding hydrogens is 508 g/mol. The molecule has 0 aromatic rings. The number of carbonyl (C=O) groups excluding carboxylic acids is 3. The van der Waals surface area contributed by atoms with Crippen LogP contribution in [-0.2, 0) is 33.3 Å². The van der Waals surface area contributed by atoms with Gasteiger partial charge in [0.2, 0.25) is 0 Å². The van der Waals surface area contributed by atoms with E-state index >= 15 is 0 Å². The Morgan fingerprint density at radius 3 is 1.27 bits per heavy atom. The van der Waals surface area contributed by atoms with E-state index in [9.17, 15) is 19.5 Å². The van der Waals surface area contributed by atoms with E-state index in [1.54, 1.807) is 27.7 Å². The molecule has 0 aromatic carbocycles. The first-order valence-corrected chi connectivity index (χ1v) is 12.8. The third-order valence-electron chi connectivity index (χ3n) is 4.13. The Balaban J connectivity index is 5.57. The second-order valence-electron chi connectivity index (χ2n) is 8.49. The first-order chi connectivity index (χ1) is 15.2. The zero-order valence-electron chi connectivity index (χ0n) is 19.6. The molecule has 0 rings (SSSR count). The highest BCUT2D eigenvalue weighted by Crippen LogP contribution is 2.24. The van der Waals surface area contributed by atoms with Crippen LogP contribution in [0.5, 0.6) is 0 Å². The van der Waals surface area contributed by atoms with Crippen molar-refractivity contribution in [3.63, 3.8) is 0 Å². The Morgan fingerprint density at radius 1 is 0.667 bits per heavy atom. The van der Waals surface area contributed by atoms with Crippen molar-refractivity contribution in [2.45, 2.75) is 80.7 Å². The fraction of sp³-hybridized carbons (Fsp3) is 0.857. The lowest BCUT2D eigenvalue weighted by Crippen LogP contribution is -2.44. The quantitative estimate of drug-likeness (QED) is 0.0821. The van der Waals surface area contributed by atoms with Gasteiger partial charge in [-0.3, -0.25) is 14.4 Å². The van der Waals surface area contributed by atoms with Crippen LogP contribution in [0.4, 0.5) is 0 Å². The summed E-state index contributed by atoms with van der Waals surface area (Å²) in [5.74, 6) is -1.55. The highest BCUT2D eigenvalue weighted by atomic mass is 32.1. The smallest absolute Gasteiger partial charge is 0.306 e. The number of ether oxygens (including phenoxy) is 4. The number of esters is 3. The monoisotopic (exact) mass is 546 g/mol. The van der Waals surface area contributed by atoms with Gasteiger partial charge in [0.25, 0.3) is 0 Å². The molecule has 0 aromatic heterocycles. The fourth-order valence-corrected chi connectivity index (χ4v) is 3.11. The molecule has 0 bridgehead atoms. The van der Waals surface area contributed by atoms with Gasteiger partial charge < -0.3 is 24.1 Å². The maximum Gasteiger partial charge on any atom is 0.306 e. The molecule has 0 heterocycles. The van der Waals surface area contributed by atoms with Gasteiger partial charge in [-0.15, -0.1) is 0 Å². The molecule has 0 saturated heterocycles. The van der Waals surface area contributed by atoms with Crippen LogP contribution in [0.3, 0.4) is 0 Å². The summed E-state index contributed by atoms with van der Waals surface area (Å²) in [5, 5.41) is 9.37. The molecule has 0 aliphatic rings. The van der Waals surface area contributed by atoms with Crippen LogP contribution in [0.15, 0.2) is 0 Å². The van der Waals surface area contributed by atoms with Gasteiger partial charge in [-0.25, -0.2) is 0 Å². The van der Waals surface area contributed by atoms with Crippen molar-refractivity contribution in [3.8, 4) is 0 Å². The maximum absolute atomic E-state index is 12.1. The first-order valence-electron chi connectivity index (χ1n) is 10.7. The van der Waals surface area contributed by atoms with Gasteiger partial charge in [-0.1, -0.05) is 27.7 Å². The van der Waals surface area contributed by atoms with Gasteiger partial charge in [0.1, 0.15) is 19.8 Å². The number of carbonyl (C=O) groups is 3. The van der Waals surface area contributed by atoms with Gasteiger partial charge in [-0.05, 0) is 0 Å². The van der Waals surface area contributed by atoms with Crippen LogP contribution in [0.2, 0.25) is 0 Å². The van der Waals surface area contributed by atoms with E-state index in [1.165, 1.54) is 0 Å². The van der Waals surface area contributed by atoms with E-state index < -0.39 is 29.6 Å². The van der Waals surface area contributed by atoms with Crippen molar-refractivity contribution in [1.82, 2.24) is 0 Å². The maximum atomic E-state index is 12.1. The molecule has 12 heteroatoms. The van der Waals surface area contributed by atoms with E-state index in [0.717, 1.165) is 0 Å². The number of hydrogen-bond acceptors (Lipinski definition) is 12. The molecule has 0 aliphatic carbocycles. The van der Waals surface area contributed by atoms with E-state index in [1.807, 2.05) is 0 Å². The molecule has 0 aliphatic heterocycles. The zero-order valence-corrected chi connectivity index (χ0v) is 23.2. The van der Waals surface area contributed by atoms with E-state index in [2.05, 4.69) is 50.5 Å². The van der Waals surface area contributed by atoms with E-state index in [4.69, 9.17) is 18.9 Å². The van der Waals surface area contributed by atoms with Crippen molar-refractivity contribution in [3.05, 3.63) is 0 Å². The molecule has 5 atom stereocenters. The van der Waals surface area contributed by atoms with Gasteiger partial charge in [0, 0.05) is 27.4 Å². The zero-order chi connectivity index (χ0) is 25.6. The van der Waals surface area contributed by atoms with E-state index in [0.29, 0.717) is 0 Å². The second kappa shape index (κ2) is 17.2. The average Bonchev–Trinajstić information content (AvgIpc) is 2.64. The minimum Gasteiger partial charge on any atom is -0.465 e. The predicted molar refractivity (Wildman–Crippen MR) is 140 cm³/mol. The molecule has 0 amide bonds. The molecule has 8 nitrogen and oxygen atoms in total. The van der Waals surface area contributed by atoms with Crippen LogP contribution < -0.4 is 0 Å². The third-order valence-corrected chi connectivity index (χ3v) is 4.89. The van der Waals surface area contributed by atoms with Crippen molar-refractivity contribution in [2.75, 3.05) is 26.4 Å². The molecular formula is C21H38O8S4. The van der Waals surface area contributed by atoms with Gasteiger partial charge in [-0.2, -0.15) is 50.5 Å². The largest absolute Gasteiger partial charge is 0.465 e. The first kappa shape index (κ1) is 32.7. The molecule has 0 spiro atoms. The lowest BCUT2D eigenvalue weighted by atomic mass is 9.92. The number of aliphatic hydroxyl groups excluding tert-OH is 1. The van der Waals surface area contributed by atoms with Crippen molar-refractivity contribution >= 4 is 68.4 Å². The summed E-state index contributed by atoms with van der Waals surface area (Å²) in [6, 6.07) is 0. The Morgan fingerprint density at radius 2 is 1.00 bits per heavy atom. The highest BCUT2D eigenvalue weighted by Gasteiger charge is 2.37. The van der Waals surface area contributed by atoms with Gasteiger partial charge >= 0.3 is 17.9 Å². The average molecular weight is 547 g/mol. The SMILES string of the molecule is CC(S)CC(=O)OCC(COC(=O)CC(C)S)(COC(=O)CC(C)S)COC(O)CC(C)S. The third kappa shape index (κ3) is 17.8. The Hall–Kier alpha value is -0.270. The number of hydrogen-bond donors (Lipinski definition) is 5. The van der Waals surface area contributed by atoms with Crippen LogP contribution in [0, 0.1) is 5.41 Å². The summed E-state index contributed by atoms with van der Waals surface area (Å²) in [4.78, 5) is 36.4. The molecule has 1 N–H and O–H groups in total. The molecule has 0 fully saturated rings. The summed E-state index contributed by atoms with van der Waals surface area (Å²) < 4.78 is 21.7. The lowest BCUT2D eigenvalue weighted by molar-refractivity contribution is -0.181. The molecule has 0 radical (unpaired) electrons. The fourth-order valence-electron chi connectivity index (χ4n) is 2.48. The minimum atomic E-state index is -1.23. The number of rotatable bonds is 17. The molecule has 194 valence electrons. The van der Waals surface area contributed by atoms with Gasteiger partial charge in [0.05, 0.1) is 31.3 Å². The minimum absolute atomic E-state index is 0.0632. The number of aliphatic hydroxyl groups is 1. The Labute approximate surface area is 218 Å². The van der Waals surface area contributed by atoms with E-state index in [-0.39, 0.29) is 73.1 Å². The van der Waals surface area contributed by atoms with Crippen LogP contribution in [0.1, 0.15) is 53.4 Å². The van der Waals surface area contributed by atoms with Crippen LogP contribution in [0.25, 0.3) is 0 Å². The topological polar surface area (TPSA) is 108 Å². The van der Waals surface area contributed by atoms with Crippen molar-refractivity contribution in [2.24, 2.45) is 5.41 Å². The molecule has 5 unspecified atom stereocenters. The Bertz CT molecular complexity index is 534.